The zero-order chi connectivity index (χ0) is 37.0. The molecule has 2 nitrogen and oxygen atoms in total. The third kappa shape index (κ3) is 6.27. The molecule has 0 radical (unpaired) electrons. The van der Waals surface area contributed by atoms with Gasteiger partial charge in [0.2, 0.25) is 0 Å². The highest BCUT2D eigenvalue weighted by atomic mass is 31.0. The second-order valence-electron chi connectivity index (χ2n) is 14.9. The molecule has 0 fully saturated rings. The van der Waals surface area contributed by atoms with Crippen molar-refractivity contribution in [1.29, 1.82) is 0 Å². The van der Waals surface area contributed by atoms with Crippen LogP contribution >= 0.6 is 16.4 Å². The van der Waals surface area contributed by atoms with Crippen LogP contribution in [0.4, 0.5) is 0 Å². The van der Waals surface area contributed by atoms with E-state index in [9.17, 15) is 0 Å². The van der Waals surface area contributed by atoms with E-state index in [-0.39, 0.29) is 12.2 Å². The summed E-state index contributed by atoms with van der Waals surface area (Å²) >= 11 is 0. The van der Waals surface area contributed by atoms with E-state index in [1.807, 2.05) is 0 Å². The maximum atomic E-state index is 7.28. The summed E-state index contributed by atoms with van der Waals surface area (Å²) in [6.07, 6.45) is 0.552. The van der Waals surface area contributed by atoms with Crippen molar-refractivity contribution in [3.8, 4) is 55.5 Å². The van der Waals surface area contributed by atoms with Gasteiger partial charge in [-0.3, -0.25) is 0 Å². The van der Waals surface area contributed by atoms with Crippen LogP contribution in [0, 0.1) is 55.4 Å². The van der Waals surface area contributed by atoms with Gasteiger partial charge in [0.05, 0.1) is 0 Å². The lowest BCUT2D eigenvalue weighted by Gasteiger charge is -2.20. The summed E-state index contributed by atoms with van der Waals surface area (Å²) < 4.78 is 14.6. The van der Waals surface area contributed by atoms with Gasteiger partial charge in [-0.05, 0) is 156 Å². The van der Waals surface area contributed by atoms with Crippen LogP contribution in [0.3, 0.4) is 0 Å². The molecule has 7 aromatic rings. The van der Waals surface area contributed by atoms with Crippen LogP contribution in [0.5, 0.6) is 11.0 Å². The summed E-state index contributed by atoms with van der Waals surface area (Å²) in [6.45, 7) is 17.8. The molecule has 4 atom stereocenters. The molecule has 2 heterocycles. The van der Waals surface area contributed by atoms with Crippen molar-refractivity contribution in [2.75, 3.05) is 0 Å². The molecular formula is C49H48O2P2. The van der Waals surface area contributed by atoms with Crippen molar-refractivity contribution >= 4 is 16.4 Å². The molecule has 0 bridgehead atoms. The number of aryl methyl sites for hydroxylation is 4. The molecule has 4 heteroatoms. The van der Waals surface area contributed by atoms with Gasteiger partial charge in [0.1, 0.15) is 23.2 Å². The molecule has 1 aliphatic rings. The number of benzene rings is 5. The van der Waals surface area contributed by atoms with E-state index in [0.717, 1.165) is 17.4 Å². The van der Waals surface area contributed by atoms with Crippen molar-refractivity contribution in [1.82, 2.24) is 0 Å². The highest BCUT2D eigenvalue weighted by Gasteiger charge is 2.36. The quantitative estimate of drug-likeness (QED) is 0.155. The summed E-state index contributed by atoms with van der Waals surface area (Å²) in [5, 5.41) is 0. The number of hydrogen-bond donors (Lipinski definition) is 0. The fourth-order valence-electron chi connectivity index (χ4n) is 8.14. The SMILES string of the molecule is Cc1cccc(-c2c[pH]c(OC3CC(Oc4[pH]cc(-c5cccc(C)c5C)c4-c4cccc(C)c4C)c4ccccc43)c2-c2cccc(C)c2C)c1C. The zero-order valence-corrected chi connectivity index (χ0v) is 34.1. The van der Waals surface area contributed by atoms with E-state index < -0.39 is 0 Å². The Bertz CT molecular complexity index is 2320. The zero-order valence-electron chi connectivity index (χ0n) is 32.1. The predicted molar refractivity (Wildman–Crippen MR) is 229 cm³/mol. The molecule has 0 saturated carbocycles. The Morgan fingerprint density at radius 1 is 0.396 bits per heavy atom. The minimum atomic E-state index is -0.105. The minimum Gasteiger partial charge on any atom is -0.481 e. The lowest BCUT2D eigenvalue weighted by Crippen LogP contribution is -2.06. The molecule has 0 saturated heterocycles. The predicted octanol–water partition coefficient (Wildman–Crippen LogP) is 14.5. The molecule has 8 rings (SSSR count). The summed E-state index contributed by atoms with van der Waals surface area (Å²) in [7, 11) is 0.901. The van der Waals surface area contributed by atoms with Crippen LogP contribution in [0.25, 0.3) is 44.5 Å². The maximum Gasteiger partial charge on any atom is 0.143 e. The first kappa shape index (κ1) is 35.3. The molecular weight excluding hydrogens is 682 g/mol. The number of fused-ring (bicyclic) bond motifs is 1. The van der Waals surface area contributed by atoms with Crippen LogP contribution in [-0.4, -0.2) is 0 Å². The van der Waals surface area contributed by atoms with E-state index in [0.29, 0.717) is 16.4 Å². The number of rotatable bonds is 8. The lowest BCUT2D eigenvalue weighted by molar-refractivity contribution is 0.143. The van der Waals surface area contributed by atoms with Crippen molar-refractivity contribution in [3.63, 3.8) is 0 Å². The Kier molecular flexibility index (Phi) is 9.49. The fraction of sp³-hybridized carbons (Fsp3) is 0.224. The van der Waals surface area contributed by atoms with Gasteiger partial charge < -0.3 is 9.47 Å². The smallest absolute Gasteiger partial charge is 0.143 e. The Labute approximate surface area is 318 Å². The Morgan fingerprint density at radius 3 is 1.11 bits per heavy atom. The first-order valence-corrected chi connectivity index (χ1v) is 20.9. The van der Waals surface area contributed by atoms with Crippen LogP contribution in [-0.2, 0) is 0 Å². The van der Waals surface area contributed by atoms with Gasteiger partial charge in [-0.2, -0.15) is 0 Å². The van der Waals surface area contributed by atoms with E-state index in [1.54, 1.807) is 0 Å². The van der Waals surface area contributed by atoms with E-state index >= 15 is 0 Å². The normalized spacial score (nSPS) is 15.4. The summed E-state index contributed by atoms with van der Waals surface area (Å²) in [6, 6.07) is 35.4. The highest BCUT2D eigenvalue weighted by molar-refractivity contribution is 7.33. The van der Waals surface area contributed by atoms with Crippen LogP contribution in [0.1, 0.15) is 74.3 Å². The molecule has 0 aliphatic heterocycles. The van der Waals surface area contributed by atoms with Gasteiger partial charge in [-0.15, -0.1) is 0 Å². The third-order valence-electron chi connectivity index (χ3n) is 11.9. The van der Waals surface area contributed by atoms with Gasteiger partial charge in [-0.1, -0.05) is 113 Å². The molecule has 1 aliphatic carbocycles. The van der Waals surface area contributed by atoms with Crippen LogP contribution in [0.2, 0.25) is 0 Å². The Hall–Kier alpha value is -4.74. The molecule has 0 N–H and O–H groups in total. The second-order valence-corrected chi connectivity index (χ2v) is 16.9. The third-order valence-corrected chi connectivity index (χ3v) is 14.0. The topological polar surface area (TPSA) is 18.5 Å². The molecule has 53 heavy (non-hydrogen) atoms. The number of hydrogen-bond acceptors (Lipinski definition) is 2. The molecule has 0 spiro atoms. The van der Waals surface area contributed by atoms with Crippen LogP contribution < -0.4 is 9.47 Å². The average molecular weight is 731 g/mol. The number of ether oxygens (including phenoxy) is 2. The second kappa shape index (κ2) is 14.2. The maximum absolute atomic E-state index is 7.28. The summed E-state index contributed by atoms with van der Waals surface area (Å²) in [5.41, 5.74) is 25.2. The first-order valence-electron chi connectivity index (χ1n) is 18.7. The van der Waals surface area contributed by atoms with Gasteiger partial charge in [0, 0.05) is 17.5 Å². The summed E-state index contributed by atoms with van der Waals surface area (Å²) in [5.74, 6) is 4.81. The van der Waals surface area contributed by atoms with E-state index in [4.69, 9.17) is 9.47 Å². The largest absolute Gasteiger partial charge is 0.481 e. The van der Waals surface area contributed by atoms with Gasteiger partial charge >= 0.3 is 0 Å². The molecule has 4 unspecified atom stereocenters. The Balaban J connectivity index is 1.20. The van der Waals surface area contributed by atoms with Gasteiger partial charge in [-0.25, -0.2) is 0 Å². The monoisotopic (exact) mass is 730 g/mol. The fourth-order valence-corrected chi connectivity index (χ4v) is 10.5. The molecule has 266 valence electrons. The van der Waals surface area contributed by atoms with E-state index in [2.05, 4.69) is 164 Å². The standard InChI is InChI=1S/C49H48O2P2/c1-28-15-11-21-36(32(28)5)42-26-52-48(46(42)38-23-13-17-30(3)34(38)7)50-44-25-45(41-20-10-9-19-40(41)44)51-49-47(39-24-14-18-31(4)35(39)8)43(27-53-49)37-22-12-16-29(2)33(37)6/h9-24,26-27,44-45,52-53H,25H2,1-8H3. The average Bonchev–Trinajstić information content (AvgIpc) is 3.86. The first-order chi connectivity index (χ1) is 25.6. The molecule has 0 amide bonds. The lowest BCUT2D eigenvalue weighted by atomic mass is 9.91. The van der Waals surface area contributed by atoms with Crippen molar-refractivity contribution in [2.45, 2.75) is 74.0 Å². The molecule has 5 aromatic carbocycles. The summed E-state index contributed by atoms with van der Waals surface area (Å²) in [4.78, 5) is 0. The van der Waals surface area contributed by atoms with Gasteiger partial charge in [0.25, 0.3) is 0 Å². The minimum absolute atomic E-state index is 0.105. The highest BCUT2D eigenvalue weighted by Crippen LogP contribution is 2.55. The molecule has 2 aromatic heterocycles. The Morgan fingerprint density at radius 2 is 0.736 bits per heavy atom. The van der Waals surface area contributed by atoms with Crippen molar-refractivity contribution in [2.24, 2.45) is 0 Å². The van der Waals surface area contributed by atoms with Crippen LogP contribution in [0.15, 0.2) is 109 Å². The van der Waals surface area contributed by atoms with E-state index in [1.165, 1.54) is 100 Å². The van der Waals surface area contributed by atoms with Gasteiger partial charge in [0.15, 0.2) is 0 Å². The van der Waals surface area contributed by atoms with Crippen molar-refractivity contribution in [3.05, 3.63) is 164 Å². The van der Waals surface area contributed by atoms with Crippen molar-refractivity contribution < 1.29 is 9.47 Å².